The number of hydrogen-bond donors (Lipinski definition) is 1. The zero-order valence-corrected chi connectivity index (χ0v) is 20.1. The van der Waals surface area contributed by atoms with Gasteiger partial charge in [-0.05, 0) is 96.0 Å². The van der Waals surface area contributed by atoms with Crippen LogP contribution in [0.3, 0.4) is 0 Å². The lowest BCUT2D eigenvalue weighted by Crippen LogP contribution is -2.26. The van der Waals surface area contributed by atoms with E-state index in [4.69, 9.17) is 9.47 Å². The van der Waals surface area contributed by atoms with E-state index in [1.54, 1.807) is 18.2 Å². The number of carbonyl (C=O) groups is 1. The number of ketones is 1. The van der Waals surface area contributed by atoms with E-state index in [0.717, 1.165) is 34.6 Å². The van der Waals surface area contributed by atoms with E-state index in [1.165, 1.54) is 0 Å². The van der Waals surface area contributed by atoms with Gasteiger partial charge in [-0.3, -0.25) is 4.79 Å². The molecule has 0 aliphatic carbocycles. The molecule has 0 heterocycles. The van der Waals surface area contributed by atoms with Crippen LogP contribution in [0.15, 0.2) is 47.4 Å². The molecule has 0 unspecified atom stereocenters. The van der Waals surface area contributed by atoms with Gasteiger partial charge in [0.05, 0.1) is 5.56 Å². The maximum Gasteiger partial charge on any atom is 0.185 e. The first-order valence-electron chi connectivity index (χ1n) is 10.4. The lowest BCUT2D eigenvalue weighted by Gasteiger charge is -2.28. The summed E-state index contributed by atoms with van der Waals surface area (Å²) in [5.74, 6) is 1.41. The van der Waals surface area contributed by atoms with Gasteiger partial charge in [-0.25, -0.2) is 0 Å². The maximum absolute atomic E-state index is 12.7. The summed E-state index contributed by atoms with van der Waals surface area (Å²) in [5.41, 5.74) is 1.77. The Labute approximate surface area is 186 Å². The Balaban J connectivity index is 2.56. The predicted molar refractivity (Wildman–Crippen MR) is 128 cm³/mol. The normalized spacial score (nSPS) is 12.3. The van der Waals surface area contributed by atoms with Crippen molar-refractivity contribution in [1.82, 2.24) is 0 Å². The standard InChI is InChI=1S/C26H34O3S/c1-8-9-19-12-17-23(28-25(2,3)4)21(24(19)29-26(5,6)7)15-16-22(27)18-10-13-20(30)14-11-18/h10-17,30H,8-9H2,1-7H3. The third kappa shape index (κ3) is 7.24. The molecule has 0 saturated carbocycles. The van der Waals surface area contributed by atoms with Crippen molar-refractivity contribution < 1.29 is 14.3 Å². The SMILES string of the molecule is CCCc1ccc(OC(C)(C)C)c(C=CC(=O)c2ccc(S)cc2)c1OC(C)(C)C. The first kappa shape index (κ1) is 24.1. The fraction of sp³-hybridized carbons (Fsp3) is 0.423. The zero-order valence-electron chi connectivity index (χ0n) is 19.2. The highest BCUT2D eigenvalue weighted by molar-refractivity contribution is 7.80. The molecule has 0 aliphatic heterocycles. The topological polar surface area (TPSA) is 35.5 Å². The molecule has 0 bridgehead atoms. The van der Waals surface area contributed by atoms with Crippen molar-refractivity contribution >= 4 is 24.5 Å². The summed E-state index contributed by atoms with van der Waals surface area (Å²) in [5, 5.41) is 0. The second-order valence-corrected chi connectivity index (χ2v) is 9.91. The van der Waals surface area contributed by atoms with Crippen molar-refractivity contribution in [2.75, 3.05) is 0 Å². The fourth-order valence-electron chi connectivity index (χ4n) is 2.98. The molecule has 0 aromatic heterocycles. The van der Waals surface area contributed by atoms with E-state index in [2.05, 4.69) is 25.6 Å². The van der Waals surface area contributed by atoms with E-state index < -0.39 is 0 Å². The second kappa shape index (κ2) is 9.74. The van der Waals surface area contributed by atoms with Gasteiger partial charge < -0.3 is 9.47 Å². The van der Waals surface area contributed by atoms with Gasteiger partial charge in [0, 0.05) is 10.5 Å². The number of ether oxygens (including phenoxy) is 2. The van der Waals surface area contributed by atoms with Crippen molar-refractivity contribution in [2.24, 2.45) is 0 Å². The minimum absolute atomic E-state index is 0.0763. The lowest BCUT2D eigenvalue weighted by molar-refractivity contribution is 0.104. The van der Waals surface area contributed by atoms with Gasteiger partial charge in [0.1, 0.15) is 22.7 Å². The number of allylic oxidation sites excluding steroid dienone is 1. The van der Waals surface area contributed by atoms with Gasteiger partial charge in [0.25, 0.3) is 0 Å². The number of rotatable bonds is 7. The van der Waals surface area contributed by atoms with E-state index in [0.29, 0.717) is 11.3 Å². The van der Waals surface area contributed by atoms with Crippen LogP contribution in [0.2, 0.25) is 0 Å². The zero-order chi connectivity index (χ0) is 22.5. The van der Waals surface area contributed by atoms with Crippen LogP contribution >= 0.6 is 12.6 Å². The highest BCUT2D eigenvalue weighted by Gasteiger charge is 2.22. The van der Waals surface area contributed by atoms with E-state index in [9.17, 15) is 4.79 Å². The van der Waals surface area contributed by atoms with Crippen molar-refractivity contribution in [3.8, 4) is 11.5 Å². The van der Waals surface area contributed by atoms with Crippen LogP contribution in [-0.2, 0) is 6.42 Å². The summed E-state index contributed by atoms with van der Waals surface area (Å²) in [4.78, 5) is 13.6. The molecule has 0 radical (unpaired) electrons. The summed E-state index contributed by atoms with van der Waals surface area (Å²) in [7, 11) is 0. The number of thiol groups is 1. The Bertz CT molecular complexity index is 898. The fourth-order valence-corrected chi connectivity index (χ4v) is 3.13. The molecule has 2 aromatic rings. The van der Waals surface area contributed by atoms with Gasteiger partial charge in [-0.15, -0.1) is 12.6 Å². The molecule has 2 rings (SSSR count). The van der Waals surface area contributed by atoms with E-state index >= 15 is 0 Å². The third-order valence-electron chi connectivity index (χ3n) is 4.13. The van der Waals surface area contributed by atoms with Gasteiger partial charge in [0.15, 0.2) is 5.78 Å². The molecule has 0 spiro atoms. The molecular formula is C26H34O3S. The Morgan fingerprint density at radius 1 is 0.933 bits per heavy atom. The van der Waals surface area contributed by atoms with Gasteiger partial charge >= 0.3 is 0 Å². The van der Waals surface area contributed by atoms with Gasteiger partial charge in [-0.2, -0.15) is 0 Å². The molecule has 162 valence electrons. The van der Waals surface area contributed by atoms with Crippen LogP contribution in [-0.4, -0.2) is 17.0 Å². The molecule has 2 aromatic carbocycles. The van der Waals surface area contributed by atoms with Crippen LogP contribution in [0.4, 0.5) is 0 Å². The van der Waals surface area contributed by atoms with Gasteiger partial charge in [0.2, 0.25) is 0 Å². The summed E-state index contributed by atoms with van der Waals surface area (Å²) in [6.45, 7) is 14.2. The average Bonchev–Trinajstić information content (AvgIpc) is 2.61. The molecular weight excluding hydrogens is 392 g/mol. The largest absolute Gasteiger partial charge is 0.487 e. The molecule has 0 aliphatic rings. The molecule has 0 amide bonds. The highest BCUT2D eigenvalue weighted by Crippen LogP contribution is 2.38. The number of carbonyl (C=O) groups excluding carboxylic acids is 1. The van der Waals surface area contributed by atoms with Crippen LogP contribution in [0, 0.1) is 0 Å². The minimum atomic E-state index is -0.377. The summed E-state index contributed by atoms with van der Waals surface area (Å²) < 4.78 is 12.6. The summed E-state index contributed by atoms with van der Waals surface area (Å²) in [6, 6.07) is 11.2. The summed E-state index contributed by atoms with van der Waals surface area (Å²) >= 11 is 4.28. The van der Waals surface area contributed by atoms with Crippen LogP contribution in [0.25, 0.3) is 6.08 Å². The smallest absolute Gasteiger partial charge is 0.185 e. The summed E-state index contributed by atoms with van der Waals surface area (Å²) in [6.07, 6.45) is 5.29. The Morgan fingerprint density at radius 3 is 2.07 bits per heavy atom. The van der Waals surface area contributed by atoms with Crippen molar-refractivity contribution in [3.05, 3.63) is 59.2 Å². The third-order valence-corrected chi connectivity index (χ3v) is 4.43. The highest BCUT2D eigenvalue weighted by atomic mass is 32.1. The first-order chi connectivity index (χ1) is 13.9. The van der Waals surface area contributed by atoms with Crippen LogP contribution < -0.4 is 9.47 Å². The first-order valence-corrected chi connectivity index (χ1v) is 10.9. The monoisotopic (exact) mass is 426 g/mol. The van der Waals surface area contributed by atoms with Gasteiger partial charge in [-0.1, -0.05) is 19.4 Å². The van der Waals surface area contributed by atoms with Crippen molar-refractivity contribution in [1.29, 1.82) is 0 Å². The predicted octanol–water partition coefficient (Wildman–Crippen LogP) is 7.18. The Hall–Kier alpha value is -2.20. The van der Waals surface area contributed by atoms with E-state index in [-0.39, 0.29) is 17.0 Å². The average molecular weight is 427 g/mol. The van der Waals surface area contributed by atoms with Crippen LogP contribution in [0.1, 0.15) is 76.4 Å². The Morgan fingerprint density at radius 2 is 1.53 bits per heavy atom. The van der Waals surface area contributed by atoms with E-state index in [1.807, 2.05) is 65.8 Å². The maximum atomic E-state index is 12.7. The molecule has 0 atom stereocenters. The molecule has 0 N–H and O–H groups in total. The van der Waals surface area contributed by atoms with Crippen molar-refractivity contribution in [3.63, 3.8) is 0 Å². The second-order valence-electron chi connectivity index (χ2n) is 9.39. The molecule has 0 saturated heterocycles. The number of aryl methyl sites for hydroxylation is 1. The molecule has 3 nitrogen and oxygen atoms in total. The van der Waals surface area contributed by atoms with Crippen LogP contribution in [0.5, 0.6) is 11.5 Å². The van der Waals surface area contributed by atoms with Crippen molar-refractivity contribution in [2.45, 2.75) is 77.4 Å². The minimum Gasteiger partial charge on any atom is -0.487 e. The lowest BCUT2D eigenvalue weighted by atomic mass is 10.0. The quantitative estimate of drug-likeness (QED) is 0.289. The molecule has 4 heteroatoms. The number of hydrogen-bond acceptors (Lipinski definition) is 4. The molecule has 30 heavy (non-hydrogen) atoms. The Kier molecular flexibility index (Phi) is 7.81. The molecule has 0 fully saturated rings. The number of benzene rings is 2.